The number of fused-ring (bicyclic) bond motifs is 3. The number of amides is 2. The van der Waals surface area contributed by atoms with Gasteiger partial charge in [0.25, 0.3) is 0 Å². The third-order valence-electron chi connectivity index (χ3n) is 8.74. The molecule has 0 spiro atoms. The molecule has 4 aliphatic rings. The summed E-state index contributed by atoms with van der Waals surface area (Å²) in [5.41, 5.74) is 3.47. The second-order valence-electron chi connectivity index (χ2n) is 10.9. The molecule has 204 valence electrons. The van der Waals surface area contributed by atoms with Crippen molar-refractivity contribution in [2.24, 2.45) is 17.8 Å². The topological polar surface area (TPSA) is 121 Å². The summed E-state index contributed by atoms with van der Waals surface area (Å²) >= 11 is 0. The molecule has 2 aromatic rings. The van der Waals surface area contributed by atoms with E-state index in [2.05, 4.69) is 0 Å². The molecule has 0 saturated carbocycles. The van der Waals surface area contributed by atoms with Crippen LogP contribution >= 0.6 is 0 Å². The number of carbonyl (C=O) groups is 4. The lowest BCUT2D eigenvalue weighted by Crippen LogP contribution is -2.40. The number of ketones is 2. The molecule has 40 heavy (non-hydrogen) atoms. The van der Waals surface area contributed by atoms with Gasteiger partial charge in [-0.3, -0.25) is 24.1 Å². The van der Waals surface area contributed by atoms with Gasteiger partial charge in [0.15, 0.2) is 11.6 Å². The van der Waals surface area contributed by atoms with Crippen molar-refractivity contribution < 1.29 is 34.1 Å². The normalized spacial score (nSPS) is 25.8. The summed E-state index contributed by atoms with van der Waals surface area (Å²) in [7, 11) is 1.48. The second-order valence-corrected chi connectivity index (χ2v) is 10.9. The first kappa shape index (κ1) is 25.8. The average Bonchev–Trinajstić information content (AvgIpc) is 3.19. The molecule has 2 amide bonds. The fourth-order valence-electron chi connectivity index (χ4n) is 6.84. The predicted molar refractivity (Wildman–Crippen MR) is 145 cm³/mol. The maximum Gasteiger partial charge on any atom is 0.233 e. The van der Waals surface area contributed by atoms with Gasteiger partial charge in [-0.2, -0.15) is 0 Å². The highest BCUT2D eigenvalue weighted by molar-refractivity contribution is 6.24. The van der Waals surface area contributed by atoms with E-state index < -0.39 is 23.7 Å². The minimum atomic E-state index is -0.640. The van der Waals surface area contributed by atoms with Gasteiger partial charge < -0.3 is 14.9 Å². The Balaban J connectivity index is 1.40. The van der Waals surface area contributed by atoms with Gasteiger partial charge >= 0.3 is 0 Å². The standard InChI is InChI=1S/C32H29NO7/c1-16-13-25(36)24-15-23-20(27(29(24)30(16)37)21-8-7-19(35)14-26(21)40-2)9-10-22-28(23)32(39)33(31(22)38)12-11-17-3-5-18(34)6-4-17/h3-9,13-14,22-23,27-28,34-35H,10-12,15H2,1-2H3/t22-,23+,27+,28-/m0/s1. The van der Waals surface area contributed by atoms with E-state index in [-0.39, 0.29) is 47.8 Å². The second kappa shape index (κ2) is 9.62. The number of likely N-dealkylation sites (tertiary alicyclic amines) is 1. The highest BCUT2D eigenvalue weighted by Gasteiger charge is 2.56. The molecule has 1 saturated heterocycles. The summed E-state index contributed by atoms with van der Waals surface area (Å²) < 4.78 is 5.59. The van der Waals surface area contributed by atoms with Gasteiger partial charge in [0, 0.05) is 40.8 Å². The largest absolute Gasteiger partial charge is 0.508 e. The molecular formula is C32H29NO7. The lowest BCUT2D eigenvalue weighted by atomic mass is 9.59. The van der Waals surface area contributed by atoms with Crippen molar-refractivity contribution in [2.75, 3.05) is 13.7 Å². The minimum absolute atomic E-state index is 0.00260. The van der Waals surface area contributed by atoms with E-state index in [1.807, 2.05) is 6.08 Å². The number of aromatic hydroxyl groups is 2. The highest BCUT2D eigenvalue weighted by Crippen LogP contribution is 2.56. The van der Waals surface area contributed by atoms with Crippen molar-refractivity contribution in [2.45, 2.75) is 32.1 Å². The quantitative estimate of drug-likeness (QED) is 0.337. The number of hydrogen-bond acceptors (Lipinski definition) is 7. The van der Waals surface area contributed by atoms with Crippen molar-refractivity contribution in [3.63, 3.8) is 0 Å². The number of benzene rings is 2. The van der Waals surface area contributed by atoms with Crippen LogP contribution in [0, 0.1) is 17.8 Å². The predicted octanol–water partition coefficient (Wildman–Crippen LogP) is 3.78. The maximum absolute atomic E-state index is 13.8. The van der Waals surface area contributed by atoms with Crippen LogP contribution in [-0.2, 0) is 25.6 Å². The number of hydrogen-bond donors (Lipinski definition) is 2. The van der Waals surface area contributed by atoms with Crippen molar-refractivity contribution >= 4 is 23.4 Å². The summed E-state index contributed by atoms with van der Waals surface area (Å²) in [6.07, 6.45) is 4.34. The molecular weight excluding hydrogens is 510 g/mol. The first-order valence-electron chi connectivity index (χ1n) is 13.4. The lowest BCUT2D eigenvalue weighted by Gasteiger charge is -2.42. The van der Waals surface area contributed by atoms with Crippen LogP contribution in [0.1, 0.15) is 36.8 Å². The third kappa shape index (κ3) is 3.97. The van der Waals surface area contributed by atoms with Crippen LogP contribution in [0.3, 0.4) is 0 Å². The first-order chi connectivity index (χ1) is 19.2. The molecule has 1 heterocycles. The van der Waals surface area contributed by atoms with Gasteiger partial charge in [-0.05, 0) is 61.9 Å². The van der Waals surface area contributed by atoms with Crippen molar-refractivity contribution in [1.29, 1.82) is 0 Å². The van der Waals surface area contributed by atoms with Gasteiger partial charge in [-0.15, -0.1) is 0 Å². The molecule has 8 nitrogen and oxygen atoms in total. The average molecular weight is 540 g/mol. The van der Waals surface area contributed by atoms with Crippen LogP contribution in [0.5, 0.6) is 17.2 Å². The van der Waals surface area contributed by atoms with Gasteiger partial charge in [0.2, 0.25) is 11.8 Å². The zero-order chi connectivity index (χ0) is 28.3. The fraction of sp³-hybridized carbons (Fsp3) is 0.312. The molecule has 0 bridgehead atoms. The molecule has 6 rings (SSSR count). The molecule has 8 heteroatoms. The third-order valence-corrected chi connectivity index (χ3v) is 8.74. The van der Waals surface area contributed by atoms with Gasteiger partial charge in [-0.1, -0.05) is 29.8 Å². The molecule has 0 aromatic heterocycles. The van der Waals surface area contributed by atoms with E-state index >= 15 is 0 Å². The van der Waals surface area contributed by atoms with Crippen LogP contribution in [0.15, 0.2) is 76.9 Å². The number of methoxy groups -OCH3 is 1. The van der Waals surface area contributed by atoms with Crippen LogP contribution in [0.2, 0.25) is 0 Å². The molecule has 3 aliphatic carbocycles. The molecule has 0 unspecified atom stereocenters. The molecule has 1 aliphatic heterocycles. The van der Waals surface area contributed by atoms with Crippen LogP contribution in [-0.4, -0.2) is 52.1 Å². The number of phenolic OH excluding ortho intramolecular Hbond substituents is 2. The Morgan fingerprint density at radius 1 is 0.950 bits per heavy atom. The van der Waals surface area contributed by atoms with Crippen molar-refractivity contribution in [1.82, 2.24) is 4.90 Å². The minimum Gasteiger partial charge on any atom is -0.508 e. The summed E-state index contributed by atoms with van der Waals surface area (Å²) in [6.45, 7) is 1.84. The first-order valence-corrected chi connectivity index (χ1v) is 13.4. The molecule has 0 radical (unpaired) electrons. The SMILES string of the molecule is COc1cc(O)ccc1[C@H]1C2=CC[C@@H]3C(=O)N(CCc4ccc(O)cc4)C(=O)[C@@H]3[C@@H]2CC2=C1C(=O)C(C)=CC2=O. The van der Waals surface area contributed by atoms with Crippen molar-refractivity contribution in [3.05, 3.63) is 88.0 Å². The zero-order valence-corrected chi connectivity index (χ0v) is 22.2. The molecule has 2 aromatic carbocycles. The smallest absolute Gasteiger partial charge is 0.233 e. The Kier molecular flexibility index (Phi) is 6.21. The molecule has 1 fully saturated rings. The van der Waals surface area contributed by atoms with Crippen molar-refractivity contribution in [3.8, 4) is 17.2 Å². The number of Topliss-reactive ketones (excluding diaryl/α,β-unsaturated/α-hetero) is 1. The Morgan fingerprint density at radius 2 is 1.68 bits per heavy atom. The molecule has 2 N–H and O–H groups in total. The number of imide groups is 1. The summed E-state index contributed by atoms with van der Waals surface area (Å²) in [5.74, 6) is -2.67. The highest BCUT2D eigenvalue weighted by atomic mass is 16.5. The summed E-state index contributed by atoms with van der Waals surface area (Å²) in [5, 5.41) is 19.6. The van der Waals surface area contributed by atoms with E-state index in [0.29, 0.717) is 40.9 Å². The summed E-state index contributed by atoms with van der Waals surface area (Å²) in [6, 6.07) is 11.3. The summed E-state index contributed by atoms with van der Waals surface area (Å²) in [4.78, 5) is 55.5. The van der Waals surface area contributed by atoms with Gasteiger partial charge in [0.1, 0.15) is 17.2 Å². The Morgan fingerprint density at radius 3 is 2.40 bits per heavy atom. The number of nitrogens with zero attached hydrogens (tertiary/aromatic N) is 1. The Labute approximate surface area is 231 Å². The number of rotatable bonds is 5. The lowest BCUT2D eigenvalue weighted by molar-refractivity contribution is -0.140. The van der Waals surface area contributed by atoms with Crippen LogP contribution in [0.4, 0.5) is 0 Å². The number of allylic oxidation sites excluding steroid dienone is 6. The van der Waals surface area contributed by atoms with Crippen LogP contribution in [0.25, 0.3) is 0 Å². The van der Waals surface area contributed by atoms with Crippen LogP contribution < -0.4 is 4.74 Å². The van der Waals surface area contributed by atoms with E-state index in [0.717, 1.165) is 11.1 Å². The number of carbonyl (C=O) groups excluding carboxylic acids is 4. The zero-order valence-electron chi connectivity index (χ0n) is 22.2. The van der Waals surface area contributed by atoms with E-state index in [1.54, 1.807) is 37.3 Å². The molecule has 4 atom stereocenters. The van der Waals surface area contributed by atoms with E-state index in [4.69, 9.17) is 4.74 Å². The van der Waals surface area contributed by atoms with Gasteiger partial charge in [-0.25, -0.2) is 0 Å². The Hall–Kier alpha value is -4.46. The Bertz CT molecular complexity index is 1560. The number of phenols is 2. The van der Waals surface area contributed by atoms with Gasteiger partial charge in [0.05, 0.1) is 18.9 Å². The number of ether oxygens (including phenoxy) is 1. The van der Waals surface area contributed by atoms with E-state index in [9.17, 15) is 29.4 Å². The monoisotopic (exact) mass is 539 g/mol. The fourth-order valence-corrected chi connectivity index (χ4v) is 6.84. The maximum atomic E-state index is 13.8. The van der Waals surface area contributed by atoms with E-state index in [1.165, 1.54) is 30.2 Å².